The average molecular weight is 491 g/mol. The number of ether oxygens (including phenoxy) is 1. The van der Waals surface area contributed by atoms with Crippen LogP contribution < -0.4 is 14.4 Å². The summed E-state index contributed by atoms with van der Waals surface area (Å²) >= 11 is 2.85. The van der Waals surface area contributed by atoms with Crippen LogP contribution in [0.15, 0.2) is 57.8 Å². The molecule has 2 aromatic carbocycles. The maximum Gasteiger partial charge on any atom is 0.269 e. The molecule has 1 aliphatic heterocycles. The van der Waals surface area contributed by atoms with Gasteiger partial charge in [-0.25, -0.2) is 8.42 Å². The zero-order valence-electron chi connectivity index (χ0n) is 17.5. The Labute approximate surface area is 195 Å². The fraction of sp³-hybridized carbons (Fsp3) is 0.286. The molecule has 0 fully saturated rings. The van der Waals surface area contributed by atoms with Crippen LogP contribution in [0.2, 0.25) is 0 Å². The predicted octanol–water partition coefficient (Wildman–Crippen LogP) is 3.94. The number of thioether (sulfide) groups is 1. The number of hydrogen-bond donors (Lipinski definition) is 1. The lowest BCUT2D eigenvalue weighted by Crippen LogP contribution is -2.48. The quantitative estimate of drug-likeness (QED) is 0.395. The highest BCUT2D eigenvalue weighted by molar-refractivity contribution is 8.01. The van der Waals surface area contributed by atoms with E-state index < -0.39 is 22.0 Å². The number of nitrogens with one attached hydrogen (secondary N) is 1. The molecule has 0 bridgehead atoms. The third-order valence-corrected chi connectivity index (χ3v) is 8.65. The lowest BCUT2D eigenvalue weighted by Gasteiger charge is -2.34. The minimum atomic E-state index is -3.89. The van der Waals surface area contributed by atoms with Crippen LogP contribution in [-0.2, 0) is 14.8 Å². The van der Waals surface area contributed by atoms with E-state index >= 15 is 0 Å². The largest absolute Gasteiger partial charge is 0.476 e. The Bertz CT molecular complexity index is 1210. The van der Waals surface area contributed by atoms with Crippen molar-refractivity contribution in [3.63, 3.8) is 0 Å². The maximum atomic E-state index is 13.4. The van der Waals surface area contributed by atoms with Crippen molar-refractivity contribution in [2.75, 3.05) is 21.9 Å². The highest BCUT2D eigenvalue weighted by Gasteiger charge is 2.38. The number of carbonyl (C=O) groups excluding carboxylic acids is 1. The third kappa shape index (κ3) is 4.74. The average Bonchev–Trinajstić information content (AvgIpc) is 3.24. The second kappa shape index (κ2) is 9.47. The summed E-state index contributed by atoms with van der Waals surface area (Å²) in [6.07, 6.45) is -0.0359. The SMILES string of the molecule is CCCSc1nnc(NC(=O)[C@@H]2CN(S(=O)(=O)c3ccccc3)c3cc(C)ccc3O2)s1. The van der Waals surface area contributed by atoms with Gasteiger partial charge in [-0.2, -0.15) is 0 Å². The first-order valence-electron chi connectivity index (χ1n) is 10.0. The molecule has 0 aliphatic carbocycles. The molecular formula is C21H22N4O4S3. The molecule has 1 aromatic heterocycles. The van der Waals surface area contributed by atoms with Crippen LogP contribution >= 0.6 is 23.1 Å². The van der Waals surface area contributed by atoms with Gasteiger partial charge in [-0.05, 0) is 43.2 Å². The number of carbonyl (C=O) groups is 1. The fourth-order valence-electron chi connectivity index (χ4n) is 3.14. The number of sulfonamides is 1. The van der Waals surface area contributed by atoms with Crippen molar-refractivity contribution in [1.29, 1.82) is 0 Å². The minimum Gasteiger partial charge on any atom is -0.476 e. The van der Waals surface area contributed by atoms with Gasteiger partial charge in [-0.15, -0.1) is 10.2 Å². The summed E-state index contributed by atoms with van der Waals surface area (Å²) in [6.45, 7) is 3.79. The van der Waals surface area contributed by atoms with E-state index in [2.05, 4.69) is 22.4 Å². The highest BCUT2D eigenvalue weighted by atomic mass is 32.2. The standard InChI is InChI=1S/C21H22N4O4S3/c1-3-11-30-21-24-23-20(31-21)22-19(26)18-13-25(16-12-14(2)9-10-17(16)29-18)32(27,28)15-7-5-4-6-8-15/h4-10,12,18H,3,11,13H2,1-2H3,(H,22,23,26)/t18-/m0/s1. The van der Waals surface area contributed by atoms with E-state index in [9.17, 15) is 13.2 Å². The summed E-state index contributed by atoms with van der Waals surface area (Å²) in [4.78, 5) is 13.1. The first-order chi connectivity index (χ1) is 15.4. The Morgan fingerprint density at radius 3 is 2.78 bits per heavy atom. The smallest absolute Gasteiger partial charge is 0.269 e. The molecule has 8 nitrogen and oxygen atoms in total. The zero-order valence-corrected chi connectivity index (χ0v) is 20.0. The molecule has 168 valence electrons. The van der Waals surface area contributed by atoms with Crippen molar-refractivity contribution in [2.24, 2.45) is 0 Å². The third-order valence-electron chi connectivity index (χ3n) is 4.67. The molecule has 0 unspecified atom stereocenters. The minimum absolute atomic E-state index is 0.148. The highest BCUT2D eigenvalue weighted by Crippen LogP contribution is 2.38. The molecule has 4 rings (SSSR count). The Morgan fingerprint density at radius 1 is 1.25 bits per heavy atom. The van der Waals surface area contributed by atoms with Crippen molar-refractivity contribution < 1.29 is 17.9 Å². The van der Waals surface area contributed by atoms with Crippen LogP contribution in [0.5, 0.6) is 5.75 Å². The van der Waals surface area contributed by atoms with Crippen LogP contribution in [0.3, 0.4) is 0 Å². The number of hydrogen-bond acceptors (Lipinski definition) is 8. The zero-order chi connectivity index (χ0) is 22.7. The molecule has 0 saturated carbocycles. The van der Waals surface area contributed by atoms with E-state index in [1.165, 1.54) is 27.8 Å². The number of aryl methyl sites for hydroxylation is 1. The Balaban J connectivity index is 1.61. The van der Waals surface area contributed by atoms with E-state index in [1.54, 1.807) is 42.1 Å². The lowest BCUT2D eigenvalue weighted by atomic mass is 10.1. The summed E-state index contributed by atoms with van der Waals surface area (Å²) in [5.41, 5.74) is 1.29. The molecule has 1 atom stereocenters. The van der Waals surface area contributed by atoms with E-state index in [0.717, 1.165) is 22.1 Å². The second-order valence-corrected chi connectivity index (χ2v) is 11.3. The molecule has 1 aliphatic rings. The van der Waals surface area contributed by atoms with Gasteiger partial charge in [-0.3, -0.25) is 14.4 Å². The molecule has 0 radical (unpaired) electrons. The molecule has 32 heavy (non-hydrogen) atoms. The van der Waals surface area contributed by atoms with Crippen molar-refractivity contribution in [1.82, 2.24) is 10.2 Å². The summed E-state index contributed by atoms with van der Waals surface area (Å²) in [6, 6.07) is 13.4. The number of nitrogens with zero attached hydrogens (tertiary/aromatic N) is 3. The van der Waals surface area contributed by atoms with Crippen molar-refractivity contribution in [3.8, 4) is 5.75 Å². The van der Waals surface area contributed by atoms with Gasteiger partial charge in [0, 0.05) is 5.75 Å². The number of amides is 1. The van der Waals surface area contributed by atoms with E-state index in [1.807, 2.05) is 13.0 Å². The molecule has 0 saturated heterocycles. The van der Waals surface area contributed by atoms with Gasteiger partial charge in [0.15, 0.2) is 10.4 Å². The summed E-state index contributed by atoms with van der Waals surface area (Å²) in [7, 11) is -3.89. The van der Waals surface area contributed by atoms with Crippen molar-refractivity contribution in [3.05, 3.63) is 54.1 Å². The van der Waals surface area contributed by atoms with Crippen LogP contribution in [0.1, 0.15) is 18.9 Å². The van der Waals surface area contributed by atoms with Crippen LogP contribution in [-0.4, -0.2) is 42.9 Å². The number of benzene rings is 2. The molecule has 1 N–H and O–H groups in total. The van der Waals surface area contributed by atoms with E-state index in [0.29, 0.717) is 16.6 Å². The topological polar surface area (TPSA) is 101 Å². The van der Waals surface area contributed by atoms with Crippen LogP contribution in [0.25, 0.3) is 0 Å². The molecule has 0 spiro atoms. The van der Waals surface area contributed by atoms with Gasteiger partial charge in [0.05, 0.1) is 17.1 Å². The lowest BCUT2D eigenvalue weighted by molar-refractivity contribution is -0.122. The summed E-state index contributed by atoms with van der Waals surface area (Å²) in [5.74, 6) is 0.766. The van der Waals surface area contributed by atoms with Gasteiger partial charge >= 0.3 is 0 Å². The first-order valence-corrected chi connectivity index (χ1v) is 13.2. The Morgan fingerprint density at radius 2 is 2.03 bits per heavy atom. The number of aromatic nitrogens is 2. The van der Waals surface area contributed by atoms with Crippen LogP contribution in [0.4, 0.5) is 10.8 Å². The predicted molar refractivity (Wildman–Crippen MR) is 126 cm³/mol. The Kier molecular flexibility index (Phi) is 6.68. The molecule has 2 heterocycles. The number of rotatable bonds is 7. The number of anilines is 2. The monoisotopic (exact) mass is 490 g/mol. The molecule has 3 aromatic rings. The molecular weight excluding hydrogens is 468 g/mol. The molecule has 1 amide bonds. The van der Waals surface area contributed by atoms with E-state index in [-0.39, 0.29) is 11.4 Å². The second-order valence-electron chi connectivity index (χ2n) is 7.14. The van der Waals surface area contributed by atoms with Crippen LogP contribution in [0, 0.1) is 6.92 Å². The van der Waals surface area contributed by atoms with E-state index in [4.69, 9.17) is 4.74 Å². The number of fused-ring (bicyclic) bond motifs is 1. The Hall–Kier alpha value is -2.63. The van der Waals surface area contributed by atoms with Crippen molar-refractivity contribution >= 4 is 49.8 Å². The first kappa shape index (κ1) is 22.6. The fourth-order valence-corrected chi connectivity index (χ4v) is 6.31. The van der Waals surface area contributed by atoms with Crippen molar-refractivity contribution in [2.45, 2.75) is 35.6 Å². The maximum absolute atomic E-state index is 13.4. The van der Waals surface area contributed by atoms with Gasteiger partial charge in [0.2, 0.25) is 5.13 Å². The van der Waals surface area contributed by atoms with Gasteiger partial charge in [0.25, 0.3) is 15.9 Å². The summed E-state index contributed by atoms with van der Waals surface area (Å²) in [5, 5.41) is 11.1. The summed E-state index contributed by atoms with van der Waals surface area (Å²) < 4.78 is 34.7. The van der Waals surface area contributed by atoms with Gasteiger partial charge < -0.3 is 4.74 Å². The van der Waals surface area contributed by atoms with Gasteiger partial charge in [-0.1, -0.05) is 54.3 Å². The molecule has 11 heteroatoms. The van der Waals surface area contributed by atoms with Gasteiger partial charge in [0.1, 0.15) is 5.75 Å². The normalized spacial score (nSPS) is 15.7.